The normalized spacial score (nSPS) is 7.50. The Morgan fingerprint density at radius 2 is 0.500 bits per heavy atom. The van der Waals surface area contributed by atoms with Crippen LogP contribution in [0.25, 0.3) is 0 Å². The second-order valence-electron chi connectivity index (χ2n) is 0.612. The van der Waals surface area contributed by atoms with E-state index in [1.165, 1.54) is 0 Å². The smallest absolute Gasteiger partial charge is 0.784 e. The van der Waals surface area contributed by atoms with E-state index < -0.39 is 34.1 Å². The van der Waals surface area contributed by atoms with Crippen molar-refractivity contribution in [2.24, 2.45) is 0 Å². The van der Waals surface area contributed by atoms with Crippen molar-refractivity contribution in [2.45, 2.75) is 0 Å². The Hall–Kier alpha value is 1.69. The molecule has 0 aliphatic carbocycles. The van der Waals surface area contributed by atoms with Crippen molar-refractivity contribution in [3.05, 3.63) is 0 Å². The first-order valence-corrected chi connectivity index (χ1v) is 4.50. The zero-order chi connectivity index (χ0) is 10.7. The van der Waals surface area contributed by atoms with Gasteiger partial charge < -0.3 is 27.3 Å². The van der Waals surface area contributed by atoms with Gasteiger partial charge in [0.25, 0.3) is 0 Å². The zero-order valence-corrected chi connectivity index (χ0v) is 12.6. The number of hydrogen-bond donors (Lipinski definition) is 0. The molecule has 9 nitrogen and oxygen atoms in total. The Balaban J connectivity index is -0.0000000270. The minimum absolute atomic E-state index is 0. The van der Waals surface area contributed by atoms with Gasteiger partial charge in [-0.15, -0.1) is 34.1 Å². The summed E-state index contributed by atoms with van der Waals surface area (Å²) >= 11 is -9.33. The topological polar surface area (TPSA) is 190 Å². The first kappa shape index (κ1) is 29.6. The maximum absolute atomic E-state index is 8.44. The van der Waals surface area contributed by atoms with E-state index in [1.807, 2.05) is 0 Å². The Morgan fingerprint density at radius 3 is 0.500 bits per heavy atom. The van der Waals surface area contributed by atoms with Gasteiger partial charge in [-0.25, -0.2) is 0 Å². The van der Waals surface area contributed by atoms with Gasteiger partial charge in [0.05, 0.1) is 0 Å². The third-order valence-corrected chi connectivity index (χ3v) is 0. The van der Waals surface area contributed by atoms with Crippen LogP contribution in [0.4, 0.5) is 0 Å². The molecule has 14 heavy (non-hydrogen) atoms. The fourth-order valence-electron chi connectivity index (χ4n) is 0. The van der Waals surface area contributed by atoms with Gasteiger partial charge in [0, 0.05) is 0 Å². The van der Waals surface area contributed by atoms with Gasteiger partial charge in [-0.05, 0) is 0 Å². The fraction of sp³-hybridized carbons (Fsp3) is 0. The predicted octanol–water partition coefficient (Wildman–Crippen LogP) is -3.02. The SMILES string of the molecule is O=S([O-])[O-].O=S([O-])[O-].O=S([O-])[O-].[Nb+3].[Nb+3]. The summed E-state index contributed by atoms with van der Waals surface area (Å²) in [6, 6.07) is 0. The number of rotatable bonds is 0. The Kier molecular flexibility index (Phi) is 51.0. The first-order chi connectivity index (χ1) is 5.20. The molecule has 0 aliphatic heterocycles. The van der Waals surface area contributed by atoms with E-state index in [9.17, 15) is 0 Å². The average Bonchev–Trinajstić information content (AvgIpc) is 1.54. The monoisotopic (exact) mass is 426 g/mol. The molecule has 14 heteroatoms. The molecule has 82 valence electrons. The van der Waals surface area contributed by atoms with E-state index in [2.05, 4.69) is 0 Å². The van der Waals surface area contributed by atoms with Crippen molar-refractivity contribution >= 4 is 34.1 Å². The van der Waals surface area contributed by atoms with Crippen molar-refractivity contribution in [1.82, 2.24) is 0 Å². The molecule has 0 N–H and O–H groups in total. The van der Waals surface area contributed by atoms with Gasteiger partial charge in [0.1, 0.15) is 0 Å². The third-order valence-electron chi connectivity index (χ3n) is 0. The molecule has 0 amide bonds. The molecule has 0 aromatic carbocycles. The summed E-state index contributed by atoms with van der Waals surface area (Å²) in [7, 11) is 0. The van der Waals surface area contributed by atoms with E-state index in [1.54, 1.807) is 0 Å². The Bertz CT molecular complexity index is 116. The summed E-state index contributed by atoms with van der Waals surface area (Å²) in [6.45, 7) is 0. The van der Waals surface area contributed by atoms with Gasteiger partial charge >= 0.3 is 44.8 Å². The van der Waals surface area contributed by atoms with Crippen LogP contribution in [0.3, 0.4) is 0 Å². The van der Waals surface area contributed by atoms with Crippen LogP contribution in [0.1, 0.15) is 0 Å². The van der Waals surface area contributed by atoms with Crippen LogP contribution < -0.4 is 0 Å². The van der Waals surface area contributed by atoms with E-state index in [4.69, 9.17) is 39.9 Å². The Morgan fingerprint density at radius 1 is 0.500 bits per heavy atom. The van der Waals surface area contributed by atoms with Gasteiger partial charge in [-0.2, -0.15) is 0 Å². The molecule has 0 aromatic rings. The van der Waals surface area contributed by atoms with E-state index in [0.717, 1.165) is 0 Å². The quantitative estimate of drug-likeness (QED) is 0.287. The minimum Gasteiger partial charge on any atom is -0.784 e. The van der Waals surface area contributed by atoms with Gasteiger partial charge in [0.2, 0.25) is 0 Å². The maximum Gasteiger partial charge on any atom is 3.00 e. The fourth-order valence-corrected chi connectivity index (χ4v) is 0. The average molecular weight is 426 g/mol. The van der Waals surface area contributed by atoms with Crippen LogP contribution in [0.2, 0.25) is 0 Å². The molecule has 0 aromatic heterocycles. The summed E-state index contributed by atoms with van der Waals surface area (Å²) < 4.78 is 76.0. The minimum atomic E-state index is -3.11. The van der Waals surface area contributed by atoms with Crippen LogP contribution in [0.5, 0.6) is 0 Å². The van der Waals surface area contributed by atoms with Crippen molar-refractivity contribution in [1.29, 1.82) is 0 Å². The van der Waals surface area contributed by atoms with Crippen molar-refractivity contribution in [3.8, 4) is 0 Å². The van der Waals surface area contributed by atoms with Crippen LogP contribution >= 0.6 is 0 Å². The summed E-state index contributed by atoms with van der Waals surface area (Å²) in [5, 5.41) is 0. The standard InChI is InChI=1S/2Nb.3H2O3S/c;;3*1-4(2)3/h;;3*(H2,1,2,3)/q2*+3;;;/p-6. The Labute approximate surface area is 118 Å². The third kappa shape index (κ3) is 772. The summed E-state index contributed by atoms with van der Waals surface area (Å²) in [6.07, 6.45) is 0. The predicted molar refractivity (Wildman–Crippen MR) is 29.1 cm³/mol. The molecule has 0 atom stereocenters. The van der Waals surface area contributed by atoms with Crippen molar-refractivity contribution in [3.63, 3.8) is 0 Å². The van der Waals surface area contributed by atoms with Gasteiger partial charge in [-0.1, -0.05) is 0 Å². The molecule has 0 saturated heterocycles. The molecule has 0 rings (SSSR count). The molecular formula is Nb2O9S3. The number of hydrogen-bond acceptors (Lipinski definition) is 9. The van der Waals surface area contributed by atoms with E-state index in [0.29, 0.717) is 0 Å². The second kappa shape index (κ2) is 24.1. The molecule has 0 aliphatic rings. The summed E-state index contributed by atoms with van der Waals surface area (Å²) in [5.41, 5.74) is 0. The summed E-state index contributed by atoms with van der Waals surface area (Å²) in [4.78, 5) is 0. The second-order valence-corrected chi connectivity index (χ2v) is 1.84. The first-order valence-electron chi connectivity index (χ1n) is 1.50. The molecule has 0 fully saturated rings. The molecule has 0 saturated carbocycles. The molecule has 0 heterocycles. The van der Waals surface area contributed by atoms with E-state index >= 15 is 0 Å². The summed E-state index contributed by atoms with van der Waals surface area (Å²) in [5.74, 6) is 0. The van der Waals surface area contributed by atoms with Gasteiger partial charge in [0.15, 0.2) is 0 Å². The maximum atomic E-state index is 8.44. The van der Waals surface area contributed by atoms with Gasteiger partial charge in [-0.3, -0.25) is 12.6 Å². The van der Waals surface area contributed by atoms with E-state index in [-0.39, 0.29) is 44.8 Å². The largest absolute Gasteiger partial charge is 3.00 e. The van der Waals surface area contributed by atoms with Crippen molar-refractivity contribution < 1.29 is 84.7 Å². The van der Waals surface area contributed by atoms with Crippen LogP contribution in [-0.2, 0) is 78.8 Å². The van der Waals surface area contributed by atoms with Crippen LogP contribution in [-0.4, -0.2) is 39.9 Å². The zero-order valence-electron chi connectivity index (χ0n) is 5.79. The molecule has 0 radical (unpaired) electrons. The molecule has 0 unspecified atom stereocenters. The van der Waals surface area contributed by atoms with Crippen LogP contribution in [0, 0.1) is 0 Å². The molecule has 0 bridgehead atoms. The van der Waals surface area contributed by atoms with Crippen molar-refractivity contribution in [2.75, 3.05) is 0 Å². The molecule has 0 spiro atoms. The molecular weight excluding hydrogens is 426 g/mol. The van der Waals surface area contributed by atoms with Crippen LogP contribution in [0.15, 0.2) is 0 Å².